The number of rotatable bonds is 3. The molecule has 126 valence electrons. The average molecular weight is 327 g/mol. The maximum absolute atomic E-state index is 12.9. The molecule has 6 heteroatoms. The zero-order chi connectivity index (χ0) is 17.3. The van der Waals surface area contributed by atoms with Crippen molar-refractivity contribution in [3.8, 4) is 0 Å². The van der Waals surface area contributed by atoms with Crippen molar-refractivity contribution in [1.29, 1.82) is 0 Å². The first-order valence-electron chi connectivity index (χ1n) is 8.13. The topological polar surface area (TPSA) is 101 Å². The van der Waals surface area contributed by atoms with Crippen LogP contribution in [0, 0.1) is 11.3 Å². The Hall–Kier alpha value is -2.63. The maximum Gasteiger partial charge on any atom is 0.253 e. The van der Waals surface area contributed by atoms with E-state index in [9.17, 15) is 14.4 Å². The Bertz CT molecular complexity index is 718. The van der Waals surface area contributed by atoms with Crippen molar-refractivity contribution >= 4 is 23.4 Å². The lowest BCUT2D eigenvalue weighted by Crippen LogP contribution is -2.54. The molecule has 1 aromatic carbocycles. The summed E-state index contributed by atoms with van der Waals surface area (Å²) in [6.07, 6.45) is 2.96. The fourth-order valence-corrected chi connectivity index (χ4v) is 4.15. The first-order valence-corrected chi connectivity index (χ1v) is 8.13. The molecule has 3 rings (SSSR count). The van der Waals surface area contributed by atoms with E-state index in [0.29, 0.717) is 29.8 Å². The van der Waals surface area contributed by atoms with Crippen LogP contribution in [0.3, 0.4) is 0 Å². The van der Waals surface area contributed by atoms with Gasteiger partial charge in [-0.15, -0.1) is 0 Å². The summed E-state index contributed by atoms with van der Waals surface area (Å²) in [4.78, 5) is 37.3. The molecule has 0 bridgehead atoms. The number of nitrogens with one attached hydrogen (secondary N) is 2. The monoisotopic (exact) mass is 327 g/mol. The van der Waals surface area contributed by atoms with Crippen molar-refractivity contribution in [2.75, 3.05) is 5.32 Å². The van der Waals surface area contributed by atoms with Gasteiger partial charge in [-0.2, -0.15) is 0 Å². The van der Waals surface area contributed by atoms with E-state index in [1.807, 2.05) is 18.2 Å². The molecule has 4 N–H and O–H groups in total. The van der Waals surface area contributed by atoms with Crippen LogP contribution < -0.4 is 16.4 Å². The van der Waals surface area contributed by atoms with Crippen LogP contribution in [0.15, 0.2) is 41.6 Å². The third-order valence-electron chi connectivity index (χ3n) is 5.04. The fourth-order valence-electron chi connectivity index (χ4n) is 4.15. The molecule has 1 aliphatic heterocycles. The first kappa shape index (κ1) is 16.2. The Morgan fingerprint density at radius 3 is 2.42 bits per heavy atom. The van der Waals surface area contributed by atoms with E-state index in [4.69, 9.17) is 5.73 Å². The number of primary amides is 1. The number of nitrogens with two attached hydrogens (primary N) is 1. The fraction of sp³-hybridized carbons (Fsp3) is 0.389. The zero-order valence-electron chi connectivity index (χ0n) is 13.6. The minimum absolute atomic E-state index is 0.285. The third kappa shape index (κ3) is 2.58. The molecule has 24 heavy (non-hydrogen) atoms. The standard InChI is InChI=1S/C18H21N3O3/c1-11-13(16(23)21-12-7-3-2-4-8-12)18(9-5-6-10-18)14(15(19)22)17(24)20-11/h2-4,7-8,14H,5-6,9-10H2,1H3,(H2,19,22)(H,20,24)(H,21,23). The highest BCUT2D eigenvalue weighted by molar-refractivity contribution is 6.11. The lowest BCUT2D eigenvalue weighted by atomic mass is 9.65. The molecule has 1 unspecified atom stereocenters. The number of carbonyl (C=O) groups excluding carboxylic acids is 3. The van der Waals surface area contributed by atoms with E-state index < -0.39 is 23.1 Å². The molecule has 1 saturated carbocycles. The molecule has 1 aromatic rings. The van der Waals surface area contributed by atoms with Gasteiger partial charge in [0.1, 0.15) is 5.92 Å². The predicted octanol–water partition coefficient (Wildman–Crippen LogP) is 1.69. The molecule has 6 nitrogen and oxygen atoms in total. The molecular weight excluding hydrogens is 306 g/mol. The minimum atomic E-state index is -1.000. The van der Waals surface area contributed by atoms with E-state index in [1.165, 1.54) is 0 Å². The molecular formula is C18H21N3O3. The van der Waals surface area contributed by atoms with Crippen LogP contribution in [-0.4, -0.2) is 17.7 Å². The number of amides is 3. The van der Waals surface area contributed by atoms with E-state index >= 15 is 0 Å². The summed E-state index contributed by atoms with van der Waals surface area (Å²) in [7, 11) is 0. The number of carbonyl (C=O) groups is 3. The Morgan fingerprint density at radius 1 is 1.21 bits per heavy atom. The second-order valence-electron chi connectivity index (χ2n) is 6.51. The third-order valence-corrected chi connectivity index (χ3v) is 5.04. The number of anilines is 1. The van der Waals surface area contributed by atoms with Gasteiger partial charge < -0.3 is 16.4 Å². The Balaban J connectivity index is 2.02. The SMILES string of the molecule is CC1=C(C(=O)Nc2ccccc2)C2(CCCC2)C(C(N)=O)C(=O)N1. The van der Waals surface area contributed by atoms with Crippen molar-refractivity contribution in [2.45, 2.75) is 32.6 Å². The second kappa shape index (κ2) is 6.11. The lowest BCUT2D eigenvalue weighted by molar-refractivity contribution is -0.139. The van der Waals surface area contributed by atoms with Gasteiger partial charge in [-0.25, -0.2) is 0 Å². The van der Waals surface area contributed by atoms with Crippen LogP contribution in [0.5, 0.6) is 0 Å². The van der Waals surface area contributed by atoms with Crippen LogP contribution in [0.25, 0.3) is 0 Å². The Labute approximate surface area is 140 Å². The van der Waals surface area contributed by atoms with Gasteiger partial charge in [0.15, 0.2) is 0 Å². The predicted molar refractivity (Wildman–Crippen MR) is 89.5 cm³/mol. The number of para-hydroxylation sites is 1. The van der Waals surface area contributed by atoms with Crippen LogP contribution >= 0.6 is 0 Å². The largest absolute Gasteiger partial charge is 0.369 e. The van der Waals surface area contributed by atoms with Crippen molar-refractivity contribution in [3.05, 3.63) is 41.6 Å². The Morgan fingerprint density at radius 2 is 1.83 bits per heavy atom. The van der Waals surface area contributed by atoms with E-state index in [1.54, 1.807) is 19.1 Å². The lowest BCUT2D eigenvalue weighted by Gasteiger charge is -2.41. The highest BCUT2D eigenvalue weighted by Gasteiger charge is 2.55. The van der Waals surface area contributed by atoms with Gasteiger partial charge >= 0.3 is 0 Å². The second-order valence-corrected chi connectivity index (χ2v) is 6.51. The molecule has 1 fully saturated rings. The molecule has 1 heterocycles. The van der Waals surface area contributed by atoms with E-state index in [0.717, 1.165) is 12.8 Å². The smallest absolute Gasteiger partial charge is 0.253 e. The summed E-state index contributed by atoms with van der Waals surface area (Å²) < 4.78 is 0. The quantitative estimate of drug-likeness (QED) is 0.736. The van der Waals surface area contributed by atoms with Crippen LogP contribution in [0.4, 0.5) is 5.69 Å². The van der Waals surface area contributed by atoms with Gasteiger partial charge in [-0.05, 0) is 31.9 Å². The summed E-state index contributed by atoms with van der Waals surface area (Å²) >= 11 is 0. The summed E-state index contributed by atoms with van der Waals surface area (Å²) in [6.45, 7) is 1.70. The van der Waals surface area contributed by atoms with Crippen molar-refractivity contribution in [1.82, 2.24) is 5.32 Å². The summed E-state index contributed by atoms with van der Waals surface area (Å²) in [5.74, 6) is -2.36. The number of hydrogen-bond acceptors (Lipinski definition) is 3. The average Bonchev–Trinajstić information content (AvgIpc) is 2.96. The summed E-state index contributed by atoms with van der Waals surface area (Å²) in [5, 5.41) is 5.52. The van der Waals surface area contributed by atoms with Crippen LogP contribution in [0.1, 0.15) is 32.6 Å². The van der Waals surface area contributed by atoms with Crippen molar-refractivity contribution < 1.29 is 14.4 Å². The van der Waals surface area contributed by atoms with E-state index in [-0.39, 0.29) is 5.91 Å². The van der Waals surface area contributed by atoms with Gasteiger partial charge in [0.25, 0.3) is 5.91 Å². The Kier molecular flexibility index (Phi) is 4.13. The summed E-state index contributed by atoms with van der Waals surface area (Å²) in [5.41, 5.74) is 6.38. The van der Waals surface area contributed by atoms with Gasteiger partial charge in [0.05, 0.1) is 0 Å². The van der Waals surface area contributed by atoms with Crippen molar-refractivity contribution in [2.24, 2.45) is 17.1 Å². The molecule has 3 amide bonds. The normalized spacial score (nSPS) is 22.4. The van der Waals surface area contributed by atoms with Gasteiger partial charge in [0, 0.05) is 22.4 Å². The van der Waals surface area contributed by atoms with Crippen molar-refractivity contribution in [3.63, 3.8) is 0 Å². The maximum atomic E-state index is 12.9. The highest BCUT2D eigenvalue weighted by Crippen LogP contribution is 2.52. The summed E-state index contributed by atoms with van der Waals surface area (Å²) in [6, 6.07) is 9.11. The number of allylic oxidation sites excluding steroid dienone is 1. The number of hydrogen-bond donors (Lipinski definition) is 3. The van der Waals surface area contributed by atoms with Gasteiger partial charge in [0.2, 0.25) is 11.8 Å². The van der Waals surface area contributed by atoms with Crippen LogP contribution in [0.2, 0.25) is 0 Å². The minimum Gasteiger partial charge on any atom is -0.369 e. The van der Waals surface area contributed by atoms with E-state index in [2.05, 4.69) is 10.6 Å². The highest BCUT2D eigenvalue weighted by atomic mass is 16.2. The molecule has 0 radical (unpaired) electrons. The molecule has 1 aliphatic carbocycles. The van der Waals surface area contributed by atoms with Gasteiger partial charge in [-0.1, -0.05) is 31.0 Å². The molecule has 1 atom stereocenters. The van der Waals surface area contributed by atoms with Crippen LogP contribution in [-0.2, 0) is 14.4 Å². The zero-order valence-corrected chi connectivity index (χ0v) is 13.6. The molecule has 1 spiro atoms. The first-order chi connectivity index (χ1) is 11.5. The molecule has 0 aromatic heterocycles. The molecule has 0 saturated heterocycles. The number of benzene rings is 1. The van der Waals surface area contributed by atoms with Gasteiger partial charge in [-0.3, -0.25) is 14.4 Å². The molecule has 2 aliphatic rings.